The fourth-order valence-electron chi connectivity index (χ4n) is 2.84. The van der Waals surface area contributed by atoms with E-state index in [4.69, 9.17) is 10.2 Å². The lowest BCUT2D eigenvalue weighted by atomic mass is 10.0. The van der Waals surface area contributed by atoms with Crippen molar-refractivity contribution in [3.05, 3.63) is 42.2 Å². The predicted octanol–water partition coefficient (Wildman–Crippen LogP) is 2.79. The van der Waals surface area contributed by atoms with E-state index in [0.29, 0.717) is 30.8 Å². The summed E-state index contributed by atoms with van der Waals surface area (Å²) in [6, 6.07) is 6.66. The first-order chi connectivity index (χ1) is 10.3. The third-order valence-electron chi connectivity index (χ3n) is 4.04. The smallest absolute Gasteiger partial charge is 0.209 e. The van der Waals surface area contributed by atoms with Gasteiger partial charge in [-0.25, -0.2) is 9.37 Å². The molecule has 1 aliphatic rings. The molecule has 0 radical (unpaired) electrons. The van der Waals surface area contributed by atoms with Gasteiger partial charge in [0, 0.05) is 18.2 Å². The Balaban J connectivity index is 1.71. The second kappa shape index (κ2) is 6.37. The molecule has 0 aliphatic carbocycles. The summed E-state index contributed by atoms with van der Waals surface area (Å²) in [5, 5.41) is 0. The van der Waals surface area contributed by atoms with Crippen molar-refractivity contribution in [2.45, 2.75) is 31.8 Å². The number of likely N-dealkylation sites (tertiary alicyclic amines) is 1. The van der Waals surface area contributed by atoms with Crippen LogP contribution in [-0.4, -0.2) is 29.0 Å². The van der Waals surface area contributed by atoms with Gasteiger partial charge in [-0.3, -0.25) is 4.90 Å². The summed E-state index contributed by atoms with van der Waals surface area (Å²) >= 11 is 0. The van der Waals surface area contributed by atoms with Crippen LogP contribution in [0.2, 0.25) is 0 Å². The Labute approximate surface area is 123 Å². The van der Waals surface area contributed by atoms with E-state index in [1.165, 1.54) is 25.0 Å². The number of nitrogens with two attached hydrogens (primary N) is 1. The summed E-state index contributed by atoms with van der Waals surface area (Å²) in [6.07, 6.45) is 5.28. The highest BCUT2D eigenvalue weighted by Crippen LogP contribution is 2.23. The second-order valence-electron chi connectivity index (χ2n) is 5.48. The lowest BCUT2D eigenvalue weighted by molar-refractivity contribution is 0.132. The van der Waals surface area contributed by atoms with Crippen molar-refractivity contribution in [2.24, 2.45) is 5.73 Å². The maximum atomic E-state index is 12.9. The van der Waals surface area contributed by atoms with Crippen LogP contribution in [0.3, 0.4) is 0 Å². The Hall–Kier alpha value is -1.72. The zero-order valence-electron chi connectivity index (χ0n) is 12.0. The van der Waals surface area contributed by atoms with Crippen molar-refractivity contribution in [2.75, 3.05) is 13.1 Å². The normalized spacial score (nSPS) is 19.8. The highest BCUT2D eigenvalue weighted by Gasteiger charge is 2.22. The molecule has 3 rings (SSSR count). The van der Waals surface area contributed by atoms with Gasteiger partial charge in [-0.05, 0) is 43.7 Å². The van der Waals surface area contributed by atoms with Crippen molar-refractivity contribution in [1.82, 2.24) is 9.88 Å². The standard InChI is InChI=1S/C16H20FN3O/c17-13-6-4-12(5-7-13)15-10-19-16(21-15)11-20-8-2-1-3-14(20)9-18/h4-7,10,14H,1-3,8-9,11,18H2. The maximum Gasteiger partial charge on any atom is 0.209 e. The van der Waals surface area contributed by atoms with Crippen molar-refractivity contribution in [3.8, 4) is 11.3 Å². The number of aromatic nitrogens is 1. The van der Waals surface area contributed by atoms with Crippen molar-refractivity contribution in [3.63, 3.8) is 0 Å². The Bertz CT molecular complexity index is 581. The maximum absolute atomic E-state index is 12.9. The van der Waals surface area contributed by atoms with Crippen LogP contribution in [-0.2, 0) is 6.54 Å². The van der Waals surface area contributed by atoms with Gasteiger partial charge in [-0.2, -0.15) is 0 Å². The molecule has 0 amide bonds. The first-order valence-corrected chi connectivity index (χ1v) is 7.41. The SMILES string of the molecule is NCC1CCCCN1Cc1ncc(-c2ccc(F)cc2)o1. The molecule has 2 aromatic rings. The summed E-state index contributed by atoms with van der Waals surface area (Å²) in [5.74, 6) is 1.11. The van der Waals surface area contributed by atoms with Gasteiger partial charge in [0.2, 0.25) is 5.89 Å². The summed E-state index contributed by atoms with van der Waals surface area (Å²) in [7, 11) is 0. The van der Waals surface area contributed by atoms with Crippen LogP contribution < -0.4 is 5.73 Å². The van der Waals surface area contributed by atoms with Crippen LogP contribution in [0.15, 0.2) is 34.9 Å². The highest BCUT2D eigenvalue weighted by molar-refractivity contribution is 5.55. The molecule has 1 aromatic heterocycles. The molecule has 1 unspecified atom stereocenters. The minimum absolute atomic E-state index is 0.252. The number of hydrogen-bond donors (Lipinski definition) is 1. The predicted molar refractivity (Wildman–Crippen MR) is 79.0 cm³/mol. The Morgan fingerprint density at radius 1 is 1.29 bits per heavy atom. The molecule has 0 bridgehead atoms. The molecule has 5 heteroatoms. The molecule has 2 heterocycles. The minimum Gasteiger partial charge on any atom is -0.439 e. The number of benzene rings is 1. The van der Waals surface area contributed by atoms with E-state index in [9.17, 15) is 4.39 Å². The fourth-order valence-corrected chi connectivity index (χ4v) is 2.84. The van der Waals surface area contributed by atoms with Crippen LogP contribution in [0.5, 0.6) is 0 Å². The Morgan fingerprint density at radius 2 is 2.10 bits per heavy atom. The van der Waals surface area contributed by atoms with Crippen molar-refractivity contribution < 1.29 is 8.81 Å². The highest BCUT2D eigenvalue weighted by atomic mass is 19.1. The second-order valence-corrected chi connectivity index (χ2v) is 5.48. The van der Waals surface area contributed by atoms with Crippen LogP contribution in [0, 0.1) is 5.82 Å². The van der Waals surface area contributed by atoms with Gasteiger partial charge in [0.05, 0.1) is 12.7 Å². The van der Waals surface area contributed by atoms with Gasteiger partial charge >= 0.3 is 0 Å². The molecule has 0 saturated carbocycles. The fraction of sp³-hybridized carbons (Fsp3) is 0.438. The lowest BCUT2D eigenvalue weighted by Crippen LogP contribution is -2.43. The van der Waals surface area contributed by atoms with Gasteiger partial charge in [-0.1, -0.05) is 6.42 Å². The lowest BCUT2D eigenvalue weighted by Gasteiger charge is -2.33. The number of rotatable bonds is 4. The average molecular weight is 289 g/mol. The molecule has 2 N–H and O–H groups in total. The topological polar surface area (TPSA) is 55.3 Å². The molecule has 0 spiro atoms. The summed E-state index contributed by atoms with van der Waals surface area (Å²) in [6.45, 7) is 2.39. The van der Waals surface area contributed by atoms with Crippen LogP contribution in [0.25, 0.3) is 11.3 Å². The van der Waals surface area contributed by atoms with Gasteiger partial charge < -0.3 is 10.2 Å². The minimum atomic E-state index is -0.252. The van der Waals surface area contributed by atoms with Gasteiger partial charge in [0.1, 0.15) is 5.82 Å². The van der Waals surface area contributed by atoms with E-state index in [0.717, 1.165) is 18.5 Å². The molecular formula is C16H20FN3O. The average Bonchev–Trinajstić information content (AvgIpc) is 2.97. The zero-order valence-corrected chi connectivity index (χ0v) is 12.0. The number of oxazole rings is 1. The zero-order chi connectivity index (χ0) is 14.7. The number of halogens is 1. The molecule has 1 saturated heterocycles. The van der Waals surface area contributed by atoms with Gasteiger partial charge in [-0.15, -0.1) is 0 Å². The van der Waals surface area contributed by atoms with E-state index < -0.39 is 0 Å². The quantitative estimate of drug-likeness (QED) is 0.940. The van der Waals surface area contributed by atoms with E-state index in [1.54, 1.807) is 18.3 Å². The third-order valence-corrected chi connectivity index (χ3v) is 4.04. The number of nitrogens with zero attached hydrogens (tertiary/aromatic N) is 2. The van der Waals surface area contributed by atoms with E-state index in [1.807, 2.05) is 0 Å². The van der Waals surface area contributed by atoms with E-state index >= 15 is 0 Å². The molecule has 21 heavy (non-hydrogen) atoms. The first-order valence-electron chi connectivity index (χ1n) is 7.41. The van der Waals surface area contributed by atoms with Crippen LogP contribution in [0.1, 0.15) is 25.2 Å². The van der Waals surface area contributed by atoms with E-state index in [2.05, 4.69) is 9.88 Å². The first kappa shape index (κ1) is 14.2. The van der Waals surface area contributed by atoms with Gasteiger partial charge in [0.25, 0.3) is 0 Å². The van der Waals surface area contributed by atoms with Crippen LogP contribution in [0.4, 0.5) is 4.39 Å². The molecule has 1 aliphatic heterocycles. The Kier molecular flexibility index (Phi) is 4.31. The molecule has 112 valence electrons. The van der Waals surface area contributed by atoms with Gasteiger partial charge in [0.15, 0.2) is 5.76 Å². The largest absolute Gasteiger partial charge is 0.439 e. The summed E-state index contributed by atoms with van der Waals surface area (Å²) < 4.78 is 18.7. The number of hydrogen-bond acceptors (Lipinski definition) is 4. The molecular weight excluding hydrogens is 269 g/mol. The van der Waals surface area contributed by atoms with Crippen molar-refractivity contribution >= 4 is 0 Å². The molecule has 1 fully saturated rings. The van der Waals surface area contributed by atoms with Crippen molar-refractivity contribution in [1.29, 1.82) is 0 Å². The molecule has 1 atom stereocenters. The summed E-state index contributed by atoms with van der Waals surface area (Å²) in [5.41, 5.74) is 6.67. The molecule has 4 nitrogen and oxygen atoms in total. The number of piperidine rings is 1. The molecule has 1 aromatic carbocycles. The monoisotopic (exact) mass is 289 g/mol. The van der Waals surface area contributed by atoms with Crippen LogP contribution >= 0.6 is 0 Å². The summed E-state index contributed by atoms with van der Waals surface area (Å²) in [4.78, 5) is 6.67. The van der Waals surface area contributed by atoms with E-state index in [-0.39, 0.29) is 5.82 Å². The Morgan fingerprint density at radius 3 is 2.86 bits per heavy atom. The third kappa shape index (κ3) is 3.31.